The SMILES string of the molecule is COc1ccc([C@@H]2CNCC[C@H]2NC(=O)Nc2ccc(Cl)cc2)nc1.Cl. The number of carbonyl (C=O) groups excluding carboxylic acids is 1. The number of aromatic nitrogens is 1. The second kappa shape index (κ2) is 9.62. The van der Waals surface area contributed by atoms with Gasteiger partial charge in [-0.25, -0.2) is 4.79 Å². The monoisotopic (exact) mass is 396 g/mol. The number of methoxy groups -OCH3 is 1. The molecule has 3 N–H and O–H groups in total. The van der Waals surface area contributed by atoms with Crippen LogP contribution in [0.5, 0.6) is 5.75 Å². The van der Waals surface area contributed by atoms with E-state index in [0.29, 0.717) is 10.7 Å². The third-order valence-electron chi connectivity index (χ3n) is 4.28. The van der Waals surface area contributed by atoms with Crippen molar-refractivity contribution < 1.29 is 9.53 Å². The third kappa shape index (κ3) is 5.24. The molecule has 1 aliphatic rings. The van der Waals surface area contributed by atoms with E-state index in [9.17, 15) is 4.79 Å². The molecular formula is C18H22Cl2N4O2. The van der Waals surface area contributed by atoms with Gasteiger partial charge in [0.25, 0.3) is 0 Å². The first-order valence-electron chi connectivity index (χ1n) is 8.19. The summed E-state index contributed by atoms with van der Waals surface area (Å²) in [5.74, 6) is 0.827. The average Bonchev–Trinajstić information content (AvgIpc) is 2.64. The Labute approximate surface area is 164 Å². The molecule has 26 heavy (non-hydrogen) atoms. The van der Waals surface area contributed by atoms with Gasteiger partial charge in [0.1, 0.15) is 5.75 Å². The third-order valence-corrected chi connectivity index (χ3v) is 4.53. The Morgan fingerprint density at radius 2 is 2.04 bits per heavy atom. The van der Waals surface area contributed by atoms with Gasteiger partial charge >= 0.3 is 6.03 Å². The zero-order valence-corrected chi connectivity index (χ0v) is 15.9. The first-order valence-corrected chi connectivity index (χ1v) is 8.57. The second-order valence-corrected chi connectivity index (χ2v) is 6.37. The summed E-state index contributed by atoms with van der Waals surface area (Å²) in [4.78, 5) is 16.8. The van der Waals surface area contributed by atoms with E-state index in [2.05, 4.69) is 20.9 Å². The molecule has 3 rings (SSSR count). The Bertz CT molecular complexity index is 710. The standard InChI is InChI=1S/C18H21ClN4O2.ClH/c1-25-14-6-7-16(21-10-14)15-11-20-9-8-17(15)23-18(24)22-13-4-2-12(19)3-5-13;/h2-7,10,15,17,20H,8-9,11H2,1H3,(H2,22,23,24);1H/t15-,17+;/m0./s1. The molecule has 1 aromatic heterocycles. The molecule has 1 saturated heterocycles. The minimum Gasteiger partial charge on any atom is -0.495 e. The summed E-state index contributed by atoms with van der Waals surface area (Å²) >= 11 is 5.86. The van der Waals surface area contributed by atoms with Crippen molar-refractivity contribution in [2.75, 3.05) is 25.5 Å². The Kier molecular flexibility index (Phi) is 7.50. The summed E-state index contributed by atoms with van der Waals surface area (Å²) in [7, 11) is 1.62. The van der Waals surface area contributed by atoms with E-state index >= 15 is 0 Å². The van der Waals surface area contributed by atoms with Gasteiger partial charge in [-0.05, 0) is 49.4 Å². The summed E-state index contributed by atoms with van der Waals surface area (Å²) in [6.45, 7) is 1.63. The van der Waals surface area contributed by atoms with Crippen LogP contribution in [0.3, 0.4) is 0 Å². The highest BCUT2D eigenvalue weighted by atomic mass is 35.5. The number of nitrogens with one attached hydrogen (secondary N) is 3. The number of hydrogen-bond acceptors (Lipinski definition) is 4. The lowest BCUT2D eigenvalue weighted by Crippen LogP contribution is -2.49. The molecule has 0 saturated carbocycles. The van der Waals surface area contributed by atoms with E-state index in [1.54, 1.807) is 37.6 Å². The Morgan fingerprint density at radius 1 is 1.27 bits per heavy atom. The zero-order valence-electron chi connectivity index (χ0n) is 14.4. The van der Waals surface area contributed by atoms with Crippen LogP contribution in [-0.2, 0) is 0 Å². The van der Waals surface area contributed by atoms with Gasteiger partial charge in [-0.15, -0.1) is 12.4 Å². The fourth-order valence-corrected chi connectivity index (χ4v) is 3.07. The zero-order chi connectivity index (χ0) is 17.6. The van der Waals surface area contributed by atoms with Crippen molar-refractivity contribution in [3.05, 3.63) is 53.3 Å². The van der Waals surface area contributed by atoms with E-state index in [4.69, 9.17) is 16.3 Å². The highest BCUT2D eigenvalue weighted by molar-refractivity contribution is 6.30. The van der Waals surface area contributed by atoms with Gasteiger partial charge in [-0.3, -0.25) is 4.98 Å². The van der Waals surface area contributed by atoms with Crippen molar-refractivity contribution in [2.24, 2.45) is 0 Å². The van der Waals surface area contributed by atoms with Crippen LogP contribution in [0.1, 0.15) is 18.0 Å². The van der Waals surface area contributed by atoms with Crippen LogP contribution in [0.4, 0.5) is 10.5 Å². The lowest BCUT2D eigenvalue weighted by atomic mass is 9.90. The second-order valence-electron chi connectivity index (χ2n) is 5.93. The molecule has 0 spiro atoms. The van der Waals surface area contributed by atoms with Crippen LogP contribution in [0.2, 0.25) is 5.02 Å². The van der Waals surface area contributed by atoms with Crippen LogP contribution in [-0.4, -0.2) is 37.3 Å². The lowest BCUT2D eigenvalue weighted by molar-refractivity contribution is 0.241. The number of nitrogens with zero attached hydrogens (tertiary/aromatic N) is 1. The lowest BCUT2D eigenvalue weighted by Gasteiger charge is -2.32. The molecule has 0 radical (unpaired) electrons. The van der Waals surface area contributed by atoms with Crippen molar-refractivity contribution in [1.29, 1.82) is 0 Å². The van der Waals surface area contributed by atoms with Crippen LogP contribution >= 0.6 is 24.0 Å². The first-order chi connectivity index (χ1) is 12.2. The normalized spacial score (nSPS) is 19.2. The van der Waals surface area contributed by atoms with Gasteiger partial charge in [-0.2, -0.15) is 0 Å². The predicted octanol–water partition coefficient (Wildman–Crippen LogP) is 3.43. The Hall–Kier alpha value is -2.02. The Balaban J connectivity index is 0.00000243. The van der Waals surface area contributed by atoms with E-state index in [-0.39, 0.29) is 30.4 Å². The molecule has 1 aliphatic heterocycles. The molecule has 1 aromatic carbocycles. The van der Waals surface area contributed by atoms with Gasteiger partial charge in [0, 0.05) is 34.9 Å². The van der Waals surface area contributed by atoms with Crippen LogP contribution in [0.25, 0.3) is 0 Å². The minimum atomic E-state index is -0.229. The number of benzene rings is 1. The molecule has 1 fully saturated rings. The predicted molar refractivity (Wildman–Crippen MR) is 106 cm³/mol. The molecular weight excluding hydrogens is 375 g/mol. The fourth-order valence-electron chi connectivity index (χ4n) is 2.94. The number of hydrogen-bond donors (Lipinski definition) is 3. The number of pyridine rings is 1. The molecule has 0 bridgehead atoms. The highest BCUT2D eigenvalue weighted by Crippen LogP contribution is 2.24. The number of piperidine rings is 1. The summed E-state index contributed by atoms with van der Waals surface area (Å²) in [5.41, 5.74) is 1.64. The maximum atomic E-state index is 12.3. The smallest absolute Gasteiger partial charge is 0.319 e. The molecule has 6 nitrogen and oxygen atoms in total. The van der Waals surface area contributed by atoms with E-state index in [1.807, 2.05) is 12.1 Å². The number of carbonyl (C=O) groups is 1. The van der Waals surface area contributed by atoms with Crippen molar-refractivity contribution in [3.8, 4) is 5.75 Å². The van der Waals surface area contributed by atoms with Gasteiger partial charge in [0.05, 0.1) is 13.3 Å². The number of urea groups is 1. The van der Waals surface area contributed by atoms with Crippen molar-refractivity contribution in [2.45, 2.75) is 18.4 Å². The van der Waals surface area contributed by atoms with Crippen molar-refractivity contribution in [3.63, 3.8) is 0 Å². The van der Waals surface area contributed by atoms with Crippen LogP contribution in [0.15, 0.2) is 42.6 Å². The van der Waals surface area contributed by atoms with E-state index in [1.165, 1.54) is 0 Å². The van der Waals surface area contributed by atoms with Crippen molar-refractivity contribution in [1.82, 2.24) is 15.6 Å². The molecule has 2 atom stereocenters. The summed E-state index contributed by atoms with van der Waals surface area (Å²) in [5, 5.41) is 9.90. The number of anilines is 1. The maximum Gasteiger partial charge on any atom is 0.319 e. The molecule has 140 valence electrons. The minimum absolute atomic E-state index is 0. The molecule has 0 unspecified atom stereocenters. The topological polar surface area (TPSA) is 75.3 Å². The summed E-state index contributed by atoms with van der Waals surface area (Å²) in [6.07, 6.45) is 2.54. The average molecular weight is 397 g/mol. The molecule has 0 aliphatic carbocycles. The van der Waals surface area contributed by atoms with E-state index < -0.39 is 0 Å². The van der Waals surface area contributed by atoms with Gasteiger partial charge < -0.3 is 20.7 Å². The summed E-state index contributed by atoms with van der Waals surface area (Å²) in [6, 6.07) is 10.6. The number of rotatable bonds is 4. The molecule has 8 heteroatoms. The number of halogens is 2. The van der Waals surface area contributed by atoms with E-state index in [0.717, 1.165) is 31.0 Å². The van der Waals surface area contributed by atoms with Gasteiger partial charge in [0.15, 0.2) is 0 Å². The summed E-state index contributed by atoms with van der Waals surface area (Å²) < 4.78 is 5.16. The molecule has 2 heterocycles. The highest BCUT2D eigenvalue weighted by Gasteiger charge is 2.28. The van der Waals surface area contributed by atoms with Gasteiger partial charge in [-0.1, -0.05) is 11.6 Å². The number of ether oxygens (including phenoxy) is 1. The number of amides is 2. The van der Waals surface area contributed by atoms with Crippen molar-refractivity contribution >= 4 is 35.7 Å². The van der Waals surface area contributed by atoms with Crippen LogP contribution in [0, 0.1) is 0 Å². The quantitative estimate of drug-likeness (QED) is 0.739. The first kappa shape index (κ1) is 20.3. The fraction of sp³-hybridized carbons (Fsp3) is 0.333. The van der Waals surface area contributed by atoms with Gasteiger partial charge in [0.2, 0.25) is 0 Å². The largest absolute Gasteiger partial charge is 0.495 e. The molecule has 2 aromatic rings. The Morgan fingerprint density at radius 3 is 2.69 bits per heavy atom. The maximum absolute atomic E-state index is 12.3. The molecule has 2 amide bonds. The van der Waals surface area contributed by atoms with Crippen LogP contribution < -0.4 is 20.7 Å².